The molecule has 0 rings (SSSR count). The molecule has 0 fully saturated rings. The van der Waals surface area contributed by atoms with Crippen molar-refractivity contribution in [3.63, 3.8) is 0 Å². The van der Waals surface area contributed by atoms with Crippen LogP contribution in [0.1, 0.15) is 33.6 Å². The van der Waals surface area contributed by atoms with Crippen LogP contribution in [0.25, 0.3) is 0 Å². The normalized spacial score (nSPS) is 15.5. The minimum absolute atomic E-state index is 0.151. The second-order valence-electron chi connectivity index (χ2n) is 3.14. The highest BCUT2D eigenvalue weighted by Gasteiger charge is 1.97. The van der Waals surface area contributed by atoms with Crippen molar-refractivity contribution in [2.45, 2.75) is 33.6 Å². The Balaban J connectivity index is 3.85. The maximum Gasteiger partial charge on any atom is 0.0615 e. The number of unbranched alkanes of at least 4 members (excludes halogenated alkanes) is 1. The second-order valence-corrected chi connectivity index (χ2v) is 3.14. The van der Waals surface area contributed by atoms with Gasteiger partial charge in [0.05, 0.1) is 6.61 Å². The van der Waals surface area contributed by atoms with Gasteiger partial charge in [-0.3, -0.25) is 0 Å². The number of aliphatic hydroxyl groups is 1. The minimum atomic E-state index is 0.151. The SMILES string of the molecule is CCCC=CC(C)C(C)=CCO. The van der Waals surface area contributed by atoms with Crippen LogP contribution in [-0.2, 0) is 0 Å². The third kappa shape index (κ3) is 5.14. The first-order valence-corrected chi connectivity index (χ1v) is 4.66. The average Bonchev–Trinajstić information content (AvgIpc) is 2.05. The van der Waals surface area contributed by atoms with Crippen LogP contribution in [0.4, 0.5) is 0 Å². The van der Waals surface area contributed by atoms with Gasteiger partial charge in [0.2, 0.25) is 0 Å². The molecule has 0 bridgehead atoms. The first-order valence-electron chi connectivity index (χ1n) is 4.66. The Bertz CT molecular complexity index is 156. The van der Waals surface area contributed by atoms with Crippen LogP contribution in [0.2, 0.25) is 0 Å². The highest BCUT2D eigenvalue weighted by molar-refractivity contribution is 5.09. The summed E-state index contributed by atoms with van der Waals surface area (Å²) in [6.45, 7) is 6.52. The van der Waals surface area contributed by atoms with Crippen LogP contribution < -0.4 is 0 Å². The quantitative estimate of drug-likeness (QED) is 0.626. The lowest BCUT2D eigenvalue weighted by molar-refractivity contribution is 0.341. The van der Waals surface area contributed by atoms with Crippen molar-refractivity contribution in [2.24, 2.45) is 5.92 Å². The van der Waals surface area contributed by atoms with E-state index in [1.165, 1.54) is 12.0 Å². The maximum atomic E-state index is 8.66. The summed E-state index contributed by atoms with van der Waals surface area (Å²) in [5, 5.41) is 8.66. The van der Waals surface area contributed by atoms with E-state index in [0.717, 1.165) is 6.42 Å². The van der Waals surface area contributed by atoms with Crippen LogP contribution in [0.15, 0.2) is 23.8 Å². The van der Waals surface area contributed by atoms with Gasteiger partial charge in [-0.2, -0.15) is 0 Å². The topological polar surface area (TPSA) is 20.2 Å². The predicted molar refractivity (Wildman–Crippen MR) is 54.1 cm³/mol. The summed E-state index contributed by atoms with van der Waals surface area (Å²) in [7, 11) is 0. The molecule has 1 N–H and O–H groups in total. The van der Waals surface area contributed by atoms with Crippen molar-refractivity contribution in [1.29, 1.82) is 0 Å². The summed E-state index contributed by atoms with van der Waals surface area (Å²) in [6, 6.07) is 0. The lowest BCUT2D eigenvalue weighted by atomic mass is 10.0. The molecule has 0 saturated heterocycles. The smallest absolute Gasteiger partial charge is 0.0615 e. The second kappa shape index (κ2) is 7.11. The summed E-state index contributed by atoms with van der Waals surface area (Å²) < 4.78 is 0. The molecule has 1 nitrogen and oxygen atoms in total. The number of allylic oxidation sites excluding steroid dienone is 3. The third-order valence-electron chi connectivity index (χ3n) is 2.01. The average molecular weight is 168 g/mol. The summed E-state index contributed by atoms with van der Waals surface area (Å²) in [6.07, 6.45) is 8.62. The lowest BCUT2D eigenvalue weighted by Gasteiger charge is -2.05. The van der Waals surface area contributed by atoms with E-state index >= 15 is 0 Å². The van der Waals surface area contributed by atoms with Crippen LogP contribution in [0.5, 0.6) is 0 Å². The molecule has 1 unspecified atom stereocenters. The van der Waals surface area contributed by atoms with Gasteiger partial charge in [-0.15, -0.1) is 0 Å². The van der Waals surface area contributed by atoms with Gasteiger partial charge in [0, 0.05) is 0 Å². The molecule has 0 heterocycles. The molecule has 1 atom stereocenters. The fourth-order valence-corrected chi connectivity index (χ4v) is 0.949. The van der Waals surface area contributed by atoms with E-state index in [9.17, 15) is 0 Å². The van der Waals surface area contributed by atoms with E-state index < -0.39 is 0 Å². The van der Waals surface area contributed by atoms with Gasteiger partial charge in [-0.1, -0.05) is 44.1 Å². The fourth-order valence-electron chi connectivity index (χ4n) is 0.949. The summed E-state index contributed by atoms with van der Waals surface area (Å²) in [5.74, 6) is 0.462. The van der Waals surface area contributed by atoms with Crippen molar-refractivity contribution in [1.82, 2.24) is 0 Å². The number of aliphatic hydroxyl groups excluding tert-OH is 1. The molecule has 0 amide bonds. The molecule has 0 aromatic carbocycles. The molecule has 12 heavy (non-hydrogen) atoms. The first-order chi connectivity index (χ1) is 5.72. The van der Waals surface area contributed by atoms with Crippen molar-refractivity contribution < 1.29 is 5.11 Å². The zero-order valence-corrected chi connectivity index (χ0v) is 8.38. The Morgan fingerprint density at radius 3 is 2.67 bits per heavy atom. The molecule has 0 aliphatic rings. The Kier molecular flexibility index (Phi) is 6.78. The monoisotopic (exact) mass is 168 g/mol. The van der Waals surface area contributed by atoms with Crippen molar-refractivity contribution in [3.05, 3.63) is 23.8 Å². The van der Waals surface area contributed by atoms with Gasteiger partial charge < -0.3 is 5.11 Å². The van der Waals surface area contributed by atoms with Crippen molar-refractivity contribution >= 4 is 0 Å². The molecule has 0 aliphatic heterocycles. The Labute approximate surface area is 75.8 Å². The largest absolute Gasteiger partial charge is 0.392 e. The van der Waals surface area contributed by atoms with Gasteiger partial charge in [0.25, 0.3) is 0 Å². The molecule has 1 heteroatoms. The standard InChI is InChI=1S/C11H20O/c1-4-5-6-7-10(2)11(3)8-9-12/h6-8,10,12H,4-5,9H2,1-3H3. The summed E-state index contributed by atoms with van der Waals surface area (Å²) >= 11 is 0. The number of rotatable bonds is 5. The molecule has 70 valence electrons. The van der Waals surface area contributed by atoms with Crippen molar-refractivity contribution in [2.75, 3.05) is 6.61 Å². The minimum Gasteiger partial charge on any atom is -0.392 e. The van der Waals surface area contributed by atoms with Gasteiger partial charge in [0.15, 0.2) is 0 Å². The molecule has 0 aromatic heterocycles. The zero-order chi connectivity index (χ0) is 9.40. The number of hydrogen-bond donors (Lipinski definition) is 1. The van der Waals surface area contributed by atoms with Crippen LogP contribution in [0, 0.1) is 5.92 Å². The zero-order valence-electron chi connectivity index (χ0n) is 8.38. The van der Waals surface area contributed by atoms with Crippen LogP contribution in [0.3, 0.4) is 0 Å². The van der Waals surface area contributed by atoms with E-state index in [1.807, 2.05) is 6.08 Å². The fraction of sp³-hybridized carbons (Fsp3) is 0.636. The van der Waals surface area contributed by atoms with E-state index in [4.69, 9.17) is 5.11 Å². The predicted octanol–water partition coefficient (Wildman–Crippen LogP) is 2.92. The van der Waals surface area contributed by atoms with E-state index in [2.05, 4.69) is 32.9 Å². The Hall–Kier alpha value is -0.560. The molecular weight excluding hydrogens is 148 g/mol. The molecule has 0 spiro atoms. The summed E-state index contributed by atoms with van der Waals surface area (Å²) in [5.41, 5.74) is 1.24. The van der Waals surface area contributed by atoms with Crippen molar-refractivity contribution in [3.8, 4) is 0 Å². The first kappa shape index (κ1) is 11.4. The Morgan fingerprint density at radius 2 is 2.17 bits per heavy atom. The van der Waals surface area contributed by atoms with Crippen LogP contribution in [-0.4, -0.2) is 11.7 Å². The lowest BCUT2D eigenvalue weighted by Crippen LogP contribution is -1.92. The van der Waals surface area contributed by atoms with Crippen LogP contribution >= 0.6 is 0 Å². The molecule has 0 saturated carbocycles. The van der Waals surface area contributed by atoms with Gasteiger partial charge in [-0.05, 0) is 19.3 Å². The molecule has 0 radical (unpaired) electrons. The molecule has 0 aliphatic carbocycles. The Morgan fingerprint density at radius 1 is 1.50 bits per heavy atom. The van der Waals surface area contributed by atoms with Gasteiger partial charge in [-0.25, -0.2) is 0 Å². The molecule has 0 aromatic rings. The van der Waals surface area contributed by atoms with E-state index in [0.29, 0.717) is 5.92 Å². The maximum absolute atomic E-state index is 8.66. The molecular formula is C11H20O. The van der Waals surface area contributed by atoms with Gasteiger partial charge >= 0.3 is 0 Å². The highest BCUT2D eigenvalue weighted by Crippen LogP contribution is 2.11. The van der Waals surface area contributed by atoms with E-state index in [1.54, 1.807) is 0 Å². The summed E-state index contributed by atoms with van der Waals surface area (Å²) in [4.78, 5) is 0. The van der Waals surface area contributed by atoms with E-state index in [-0.39, 0.29) is 6.61 Å². The third-order valence-corrected chi connectivity index (χ3v) is 2.01. The highest BCUT2D eigenvalue weighted by atomic mass is 16.2. The van der Waals surface area contributed by atoms with Gasteiger partial charge in [0.1, 0.15) is 0 Å². The number of hydrogen-bond acceptors (Lipinski definition) is 1.